The summed E-state index contributed by atoms with van der Waals surface area (Å²) in [6.07, 6.45) is 0. The summed E-state index contributed by atoms with van der Waals surface area (Å²) in [5.74, 6) is 0.475. The van der Waals surface area contributed by atoms with Crippen LogP contribution in [-0.2, 0) is 11.4 Å². The van der Waals surface area contributed by atoms with Crippen LogP contribution < -0.4 is 11.2 Å². The molecule has 7 nitrogen and oxygen atoms in total. The van der Waals surface area contributed by atoms with Gasteiger partial charge in [-0.25, -0.2) is 15.1 Å². The molecule has 25 heavy (non-hydrogen) atoms. The molecule has 3 rings (SSSR count). The fraction of sp³-hybridized carbons (Fsp3) is 0.167. The van der Waals surface area contributed by atoms with Gasteiger partial charge in [-0.3, -0.25) is 4.84 Å². The van der Waals surface area contributed by atoms with Crippen LogP contribution >= 0.6 is 0 Å². The predicted octanol–water partition coefficient (Wildman–Crippen LogP) is 3.07. The summed E-state index contributed by atoms with van der Waals surface area (Å²) in [5.41, 5.74) is 12.8. The lowest BCUT2D eigenvalue weighted by Gasteiger charge is -2.10. The maximum atomic E-state index is 5.80. The number of aryl methyl sites for hydroxylation is 2. The van der Waals surface area contributed by atoms with Crippen molar-refractivity contribution in [3.05, 3.63) is 70.9 Å². The molecule has 0 bridgehead atoms. The molecule has 1 aromatic heterocycles. The Labute approximate surface area is 145 Å². The van der Waals surface area contributed by atoms with E-state index >= 15 is 0 Å². The van der Waals surface area contributed by atoms with Crippen LogP contribution in [0.15, 0.2) is 58.2 Å². The normalized spacial score (nSPS) is 11.5. The Morgan fingerprint density at radius 2 is 1.96 bits per heavy atom. The number of hydrogen-bond donors (Lipinski definition) is 2. The lowest BCUT2D eigenvalue weighted by Crippen LogP contribution is -2.26. The minimum Gasteiger partial charge on any atom is -0.379 e. The van der Waals surface area contributed by atoms with Gasteiger partial charge < -0.3 is 5.73 Å². The quantitative estimate of drug-likeness (QED) is 0.422. The van der Waals surface area contributed by atoms with E-state index in [0.717, 1.165) is 22.4 Å². The number of rotatable bonds is 5. The second-order valence-corrected chi connectivity index (χ2v) is 5.62. The molecule has 0 radical (unpaired) electrons. The van der Waals surface area contributed by atoms with Gasteiger partial charge in [0.15, 0.2) is 17.3 Å². The largest absolute Gasteiger partial charge is 0.379 e. The number of anilines is 1. The van der Waals surface area contributed by atoms with Gasteiger partial charge in [-0.2, -0.15) is 0 Å². The molecule has 0 saturated carbocycles. The van der Waals surface area contributed by atoms with Crippen molar-refractivity contribution in [1.82, 2.24) is 15.8 Å². The SMILES string of the molecule is Cc1ccc(C)c(N=C(NOCc2ccccc2)c2nonc2N)c1. The standard InChI is InChI=1S/C18H19N5O2/c1-12-8-9-13(2)15(10-12)20-18(16-17(19)22-25-21-16)23-24-11-14-6-4-3-5-7-14/h3-10H,11H2,1-2H3,(H2,19,22)(H,20,23). The highest BCUT2D eigenvalue weighted by atomic mass is 16.6. The van der Waals surface area contributed by atoms with Crippen LogP contribution in [0.1, 0.15) is 22.4 Å². The van der Waals surface area contributed by atoms with Crippen molar-refractivity contribution >= 4 is 17.3 Å². The van der Waals surface area contributed by atoms with Crippen LogP contribution in [0, 0.1) is 13.8 Å². The van der Waals surface area contributed by atoms with E-state index in [-0.39, 0.29) is 5.82 Å². The summed E-state index contributed by atoms with van der Waals surface area (Å²) < 4.78 is 4.68. The van der Waals surface area contributed by atoms with Crippen molar-refractivity contribution in [1.29, 1.82) is 0 Å². The first-order chi connectivity index (χ1) is 12.1. The molecule has 1 heterocycles. The third-order valence-electron chi connectivity index (χ3n) is 3.59. The smallest absolute Gasteiger partial charge is 0.199 e. The third-order valence-corrected chi connectivity index (χ3v) is 3.59. The Bertz CT molecular complexity index is 874. The molecule has 0 aliphatic rings. The van der Waals surface area contributed by atoms with E-state index in [0.29, 0.717) is 18.1 Å². The number of benzene rings is 2. The van der Waals surface area contributed by atoms with Gasteiger partial charge in [0.2, 0.25) is 0 Å². The fourth-order valence-corrected chi connectivity index (χ4v) is 2.21. The van der Waals surface area contributed by atoms with Crippen molar-refractivity contribution in [2.75, 3.05) is 5.73 Å². The summed E-state index contributed by atoms with van der Waals surface area (Å²) >= 11 is 0. The van der Waals surface area contributed by atoms with E-state index in [1.54, 1.807) is 0 Å². The molecule has 3 N–H and O–H groups in total. The zero-order chi connectivity index (χ0) is 17.6. The van der Waals surface area contributed by atoms with Crippen molar-refractivity contribution in [3.8, 4) is 0 Å². The van der Waals surface area contributed by atoms with Crippen LogP contribution in [0.3, 0.4) is 0 Å². The first-order valence-electron chi connectivity index (χ1n) is 7.79. The lowest BCUT2D eigenvalue weighted by molar-refractivity contribution is 0.0713. The number of amidine groups is 1. The molecule has 0 atom stereocenters. The molecule has 0 saturated heterocycles. The molecule has 0 aliphatic heterocycles. The summed E-state index contributed by atoms with van der Waals surface area (Å²) in [6, 6.07) is 15.8. The highest BCUT2D eigenvalue weighted by Gasteiger charge is 2.15. The van der Waals surface area contributed by atoms with Gasteiger partial charge in [0.25, 0.3) is 0 Å². The van der Waals surface area contributed by atoms with Crippen molar-refractivity contribution in [2.45, 2.75) is 20.5 Å². The van der Waals surface area contributed by atoms with E-state index in [2.05, 4.69) is 25.4 Å². The monoisotopic (exact) mass is 337 g/mol. The minimum atomic E-state index is 0.139. The van der Waals surface area contributed by atoms with E-state index in [4.69, 9.17) is 10.6 Å². The molecule has 0 amide bonds. The molecule has 0 aliphatic carbocycles. The average Bonchev–Trinajstić information content (AvgIpc) is 3.04. The number of aromatic nitrogens is 2. The van der Waals surface area contributed by atoms with Gasteiger partial charge in [-0.15, -0.1) is 0 Å². The zero-order valence-corrected chi connectivity index (χ0v) is 14.1. The van der Waals surface area contributed by atoms with Gasteiger partial charge in [-0.05, 0) is 46.9 Å². The number of hydrogen-bond acceptors (Lipinski definition) is 6. The number of nitrogens with two attached hydrogens (primary N) is 1. The number of hydroxylamine groups is 1. The topological polar surface area (TPSA) is 98.6 Å². The molecular formula is C18H19N5O2. The summed E-state index contributed by atoms with van der Waals surface area (Å²) in [4.78, 5) is 10.1. The predicted molar refractivity (Wildman–Crippen MR) is 95.2 cm³/mol. The fourth-order valence-electron chi connectivity index (χ4n) is 2.21. The number of nitrogens with one attached hydrogen (secondary N) is 1. The maximum absolute atomic E-state index is 5.80. The molecule has 0 fully saturated rings. The molecule has 0 spiro atoms. The highest BCUT2D eigenvalue weighted by molar-refractivity contribution is 6.01. The van der Waals surface area contributed by atoms with E-state index < -0.39 is 0 Å². The lowest BCUT2D eigenvalue weighted by atomic mass is 10.1. The van der Waals surface area contributed by atoms with E-state index in [1.807, 2.05) is 62.4 Å². The van der Waals surface area contributed by atoms with Crippen molar-refractivity contribution in [3.63, 3.8) is 0 Å². The second kappa shape index (κ2) is 7.59. The Hall–Kier alpha value is -3.19. The third kappa shape index (κ3) is 4.21. The van der Waals surface area contributed by atoms with Crippen LogP contribution in [-0.4, -0.2) is 16.1 Å². The minimum absolute atomic E-state index is 0.139. The summed E-state index contributed by atoms with van der Waals surface area (Å²) in [7, 11) is 0. The highest BCUT2D eigenvalue weighted by Crippen LogP contribution is 2.21. The Morgan fingerprint density at radius 3 is 2.68 bits per heavy atom. The van der Waals surface area contributed by atoms with Gasteiger partial charge in [-0.1, -0.05) is 42.5 Å². The first kappa shape index (κ1) is 16.7. The average molecular weight is 337 g/mol. The Morgan fingerprint density at radius 1 is 1.16 bits per heavy atom. The number of nitrogen functional groups attached to an aromatic ring is 1. The zero-order valence-electron chi connectivity index (χ0n) is 14.1. The first-order valence-corrected chi connectivity index (χ1v) is 7.79. The molecule has 128 valence electrons. The second-order valence-electron chi connectivity index (χ2n) is 5.62. The van der Waals surface area contributed by atoms with E-state index in [1.165, 1.54) is 0 Å². The molecule has 7 heteroatoms. The van der Waals surface area contributed by atoms with Gasteiger partial charge >= 0.3 is 0 Å². The van der Waals surface area contributed by atoms with Crippen LogP contribution in [0.4, 0.5) is 11.5 Å². The molecule has 3 aromatic rings. The van der Waals surface area contributed by atoms with Crippen LogP contribution in [0.2, 0.25) is 0 Å². The summed E-state index contributed by atoms with van der Waals surface area (Å²) in [6.45, 7) is 4.34. The van der Waals surface area contributed by atoms with Crippen molar-refractivity contribution < 1.29 is 9.47 Å². The molecule has 0 unspecified atom stereocenters. The van der Waals surface area contributed by atoms with Gasteiger partial charge in [0.1, 0.15) is 0 Å². The molecule has 2 aromatic carbocycles. The maximum Gasteiger partial charge on any atom is 0.199 e. The summed E-state index contributed by atoms with van der Waals surface area (Å²) in [5, 5.41) is 7.41. The Kier molecular flexibility index (Phi) is 5.06. The van der Waals surface area contributed by atoms with E-state index in [9.17, 15) is 0 Å². The van der Waals surface area contributed by atoms with Gasteiger partial charge in [0.05, 0.1) is 12.3 Å². The van der Waals surface area contributed by atoms with Crippen molar-refractivity contribution in [2.24, 2.45) is 4.99 Å². The molecular weight excluding hydrogens is 318 g/mol. The number of aliphatic imine (C=N–C) groups is 1. The number of nitrogens with zero attached hydrogens (tertiary/aromatic N) is 3. The van der Waals surface area contributed by atoms with Crippen LogP contribution in [0.5, 0.6) is 0 Å². The van der Waals surface area contributed by atoms with Gasteiger partial charge in [0, 0.05) is 0 Å². The van der Waals surface area contributed by atoms with Crippen LogP contribution in [0.25, 0.3) is 0 Å². The Balaban J connectivity index is 1.84.